The molecule has 0 amide bonds. The third-order valence-electron chi connectivity index (χ3n) is 2.42. The monoisotopic (exact) mass is 247 g/mol. The lowest BCUT2D eigenvalue weighted by Crippen LogP contribution is -2.48. The van der Waals surface area contributed by atoms with Crippen LogP contribution in [-0.4, -0.2) is 29.0 Å². The van der Waals surface area contributed by atoms with Crippen molar-refractivity contribution in [3.63, 3.8) is 0 Å². The first-order valence-corrected chi connectivity index (χ1v) is 5.29. The second-order valence-electron chi connectivity index (χ2n) is 3.97. The number of hydrogen-bond donors (Lipinski definition) is 3. The summed E-state index contributed by atoms with van der Waals surface area (Å²) in [4.78, 5) is 0. The molecule has 0 atom stereocenters. The molecule has 0 spiro atoms. The fraction of sp³-hybridized carbons (Fsp3) is 0.455. The first kappa shape index (κ1) is 13.4. The molecule has 0 bridgehead atoms. The smallest absolute Gasteiger partial charge is 0.124 e. The van der Waals surface area contributed by atoms with E-state index in [1.54, 1.807) is 13.0 Å². The van der Waals surface area contributed by atoms with Gasteiger partial charge in [-0.2, -0.15) is 0 Å². The lowest BCUT2D eigenvalue weighted by Gasteiger charge is -2.26. The summed E-state index contributed by atoms with van der Waals surface area (Å²) in [7, 11) is 0. The summed E-state index contributed by atoms with van der Waals surface area (Å²) in [6, 6.07) is 4.12. The zero-order chi connectivity index (χ0) is 12.2. The summed E-state index contributed by atoms with van der Waals surface area (Å²) >= 11 is 5.84. The fourth-order valence-electron chi connectivity index (χ4n) is 1.14. The van der Waals surface area contributed by atoms with E-state index in [9.17, 15) is 4.39 Å². The van der Waals surface area contributed by atoms with Gasteiger partial charge >= 0.3 is 0 Å². The fourth-order valence-corrected chi connectivity index (χ4v) is 1.37. The maximum Gasteiger partial charge on any atom is 0.124 e. The van der Waals surface area contributed by atoms with Crippen LogP contribution in [0, 0.1) is 5.82 Å². The van der Waals surface area contributed by atoms with E-state index in [1.807, 2.05) is 0 Å². The van der Waals surface area contributed by atoms with Crippen molar-refractivity contribution in [3.8, 4) is 0 Å². The summed E-state index contributed by atoms with van der Waals surface area (Å²) < 4.78 is 12.8. The predicted molar refractivity (Wildman–Crippen MR) is 60.8 cm³/mol. The third-order valence-corrected chi connectivity index (χ3v) is 2.77. The number of rotatable bonds is 5. The molecule has 5 heteroatoms. The minimum absolute atomic E-state index is 0.192. The van der Waals surface area contributed by atoms with Gasteiger partial charge in [-0.25, -0.2) is 4.39 Å². The van der Waals surface area contributed by atoms with Gasteiger partial charge in [-0.05, 0) is 24.6 Å². The van der Waals surface area contributed by atoms with E-state index in [0.717, 1.165) is 5.56 Å². The highest BCUT2D eigenvalue weighted by Gasteiger charge is 2.21. The van der Waals surface area contributed by atoms with Crippen LogP contribution in [0.4, 0.5) is 4.39 Å². The van der Waals surface area contributed by atoms with Crippen LogP contribution in [-0.2, 0) is 6.54 Å². The second-order valence-corrected chi connectivity index (χ2v) is 4.37. The van der Waals surface area contributed by atoms with Crippen molar-refractivity contribution in [1.82, 2.24) is 5.32 Å². The predicted octanol–water partition coefficient (Wildman–Crippen LogP) is 1.31. The molecule has 90 valence electrons. The van der Waals surface area contributed by atoms with Crippen LogP contribution >= 0.6 is 11.6 Å². The average Bonchev–Trinajstić information content (AvgIpc) is 2.27. The van der Waals surface area contributed by atoms with Gasteiger partial charge in [-0.1, -0.05) is 17.7 Å². The molecular formula is C11H15ClFNO2. The van der Waals surface area contributed by atoms with E-state index in [0.29, 0.717) is 11.6 Å². The van der Waals surface area contributed by atoms with Crippen LogP contribution < -0.4 is 5.32 Å². The number of aliphatic hydroxyl groups is 2. The summed E-state index contributed by atoms with van der Waals surface area (Å²) in [5.74, 6) is -0.388. The molecular weight excluding hydrogens is 233 g/mol. The van der Waals surface area contributed by atoms with Gasteiger partial charge in [-0.15, -0.1) is 0 Å². The summed E-state index contributed by atoms with van der Waals surface area (Å²) in [6.07, 6.45) is 0. The van der Waals surface area contributed by atoms with Crippen LogP contribution in [0.2, 0.25) is 5.02 Å². The molecule has 3 nitrogen and oxygen atoms in total. The Labute approximate surface area is 98.9 Å². The van der Waals surface area contributed by atoms with Crippen molar-refractivity contribution in [3.05, 3.63) is 34.6 Å². The highest BCUT2D eigenvalue weighted by molar-refractivity contribution is 6.31. The maximum atomic E-state index is 12.8. The number of hydrogen-bond acceptors (Lipinski definition) is 3. The molecule has 0 aliphatic rings. The van der Waals surface area contributed by atoms with Gasteiger partial charge in [0.2, 0.25) is 0 Å². The Morgan fingerprint density at radius 1 is 1.38 bits per heavy atom. The Morgan fingerprint density at radius 3 is 2.50 bits per heavy atom. The molecule has 0 fully saturated rings. The van der Waals surface area contributed by atoms with E-state index >= 15 is 0 Å². The van der Waals surface area contributed by atoms with Crippen LogP contribution in [0.25, 0.3) is 0 Å². The van der Waals surface area contributed by atoms with Crippen molar-refractivity contribution in [1.29, 1.82) is 0 Å². The molecule has 0 radical (unpaired) electrons. The van der Waals surface area contributed by atoms with Gasteiger partial charge in [0.15, 0.2) is 0 Å². The first-order chi connectivity index (χ1) is 7.50. The lowest BCUT2D eigenvalue weighted by atomic mass is 10.0. The Kier molecular flexibility index (Phi) is 4.68. The molecule has 1 aromatic carbocycles. The number of benzene rings is 1. The van der Waals surface area contributed by atoms with Crippen LogP contribution in [0.15, 0.2) is 18.2 Å². The van der Waals surface area contributed by atoms with E-state index in [1.165, 1.54) is 12.1 Å². The SMILES string of the molecule is CC(CO)(CO)NCc1ccc(F)cc1Cl. The molecule has 16 heavy (non-hydrogen) atoms. The molecule has 0 aromatic heterocycles. The molecule has 0 unspecified atom stereocenters. The van der Waals surface area contributed by atoms with Crippen molar-refractivity contribution in [2.24, 2.45) is 0 Å². The molecule has 1 aromatic rings. The summed E-state index contributed by atoms with van der Waals surface area (Å²) in [5, 5.41) is 21.4. The zero-order valence-corrected chi connectivity index (χ0v) is 9.76. The van der Waals surface area contributed by atoms with Gasteiger partial charge in [0.25, 0.3) is 0 Å². The van der Waals surface area contributed by atoms with Gasteiger partial charge in [-0.3, -0.25) is 0 Å². The molecule has 0 saturated heterocycles. The molecule has 0 saturated carbocycles. The molecule has 0 heterocycles. The number of aliphatic hydroxyl groups excluding tert-OH is 2. The van der Waals surface area contributed by atoms with E-state index in [-0.39, 0.29) is 19.0 Å². The Balaban J connectivity index is 2.67. The summed E-state index contributed by atoms with van der Waals surface area (Å²) in [5.41, 5.74) is -0.0475. The second kappa shape index (κ2) is 5.59. The number of halogens is 2. The zero-order valence-electron chi connectivity index (χ0n) is 9.00. The standard InChI is InChI=1S/C11H15ClFNO2/c1-11(6-15,7-16)14-5-8-2-3-9(13)4-10(8)12/h2-4,14-16H,5-7H2,1H3. The minimum atomic E-state index is -0.766. The number of nitrogens with one attached hydrogen (secondary N) is 1. The average molecular weight is 248 g/mol. The first-order valence-electron chi connectivity index (χ1n) is 4.91. The maximum absolute atomic E-state index is 12.8. The van der Waals surface area contributed by atoms with Gasteiger partial charge < -0.3 is 15.5 Å². The molecule has 0 aliphatic heterocycles. The Morgan fingerprint density at radius 2 is 2.00 bits per heavy atom. The topological polar surface area (TPSA) is 52.5 Å². The summed E-state index contributed by atoms with van der Waals surface area (Å²) in [6.45, 7) is 1.66. The molecule has 3 N–H and O–H groups in total. The lowest BCUT2D eigenvalue weighted by molar-refractivity contribution is 0.103. The highest BCUT2D eigenvalue weighted by atomic mass is 35.5. The third kappa shape index (κ3) is 3.42. The van der Waals surface area contributed by atoms with Crippen molar-refractivity contribution in [2.45, 2.75) is 19.0 Å². The normalized spacial score (nSPS) is 11.8. The van der Waals surface area contributed by atoms with E-state index in [4.69, 9.17) is 21.8 Å². The largest absolute Gasteiger partial charge is 0.394 e. The van der Waals surface area contributed by atoms with Gasteiger partial charge in [0.1, 0.15) is 5.82 Å². The van der Waals surface area contributed by atoms with Gasteiger partial charge in [0.05, 0.1) is 18.8 Å². The van der Waals surface area contributed by atoms with Crippen LogP contribution in [0.1, 0.15) is 12.5 Å². The minimum Gasteiger partial charge on any atom is -0.394 e. The quantitative estimate of drug-likeness (QED) is 0.736. The Bertz CT molecular complexity index is 356. The molecule has 1 rings (SSSR count). The van der Waals surface area contributed by atoms with Crippen molar-refractivity contribution >= 4 is 11.6 Å². The highest BCUT2D eigenvalue weighted by Crippen LogP contribution is 2.17. The van der Waals surface area contributed by atoms with Crippen molar-refractivity contribution in [2.75, 3.05) is 13.2 Å². The Hall–Kier alpha value is -0.680. The van der Waals surface area contributed by atoms with E-state index in [2.05, 4.69) is 5.32 Å². The van der Waals surface area contributed by atoms with E-state index < -0.39 is 5.54 Å². The van der Waals surface area contributed by atoms with Crippen LogP contribution in [0.5, 0.6) is 0 Å². The van der Waals surface area contributed by atoms with Gasteiger partial charge in [0, 0.05) is 11.6 Å². The van der Waals surface area contributed by atoms with Crippen LogP contribution in [0.3, 0.4) is 0 Å². The van der Waals surface area contributed by atoms with Crippen molar-refractivity contribution < 1.29 is 14.6 Å². The molecule has 0 aliphatic carbocycles.